The second kappa shape index (κ2) is 9.54. The van der Waals surface area contributed by atoms with E-state index in [0.29, 0.717) is 37.7 Å². The third kappa shape index (κ3) is 5.02. The molecule has 4 rings (SSSR count). The molecule has 9 nitrogen and oxygen atoms in total. The highest BCUT2D eigenvalue weighted by molar-refractivity contribution is 7.89. The summed E-state index contributed by atoms with van der Waals surface area (Å²) in [6.45, 7) is 1.69. The number of nitrogens with zero attached hydrogens (tertiary/aromatic N) is 2. The predicted octanol–water partition coefficient (Wildman–Crippen LogP) is 1.27. The lowest BCUT2D eigenvalue weighted by Gasteiger charge is -2.30. The van der Waals surface area contributed by atoms with Crippen molar-refractivity contribution in [2.24, 2.45) is 0 Å². The standard InChI is InChI=1S/C21H29N3O6S/c25-20(22-13-16-6-5-11-29-16)14-24-18-12-17(7-8-19(18)30-15-21(24)26)31(27,28)23-9-3-1-2-4-10-23/h7-8,12,16H,1-6,9-11,13-15H2,(H,22,25)/t16-/m0/s1. The summed E-state index contributed by atoms with van der Waals surface area (Å²) in [6.07, 6.45) is 5.59. The number of benzene rings is 1. The maximum Gasteiger partial charge on any atom is 0.265 e. The summed E-state index contributed by atoms with van der Waals surface area (Å²) >= 11 is 0. The first kappa shape index (κ1) is 22.0. The van der Waals surface area contributed by atoms with Crippen molar-refractivity contribution < 1.29 is 27.5 Å². The lowest BCUT2D eigenvalue weighted by molar-refractivity contribution is -0.125. The van der Waals surface area contributed by atoms with Crippen molar-refractivity contribution in [1.29, 1.82) is 0 Å². The quantitative estimate of drug-likeness (QED) is 0.698. The smallest absolute Gasteiger partial charge is 0.265 e. The maximum absolute atomic E-state index is 13.2. The van der Waals surface area contributed by atoms with Crippen LogP contribution in [0.5, 0.6) is 5.75 Å². The van der Waals surface area contributed by atoms with Gasteiger partial charge < -0.3 is 14.8 Å². The molecular weight excluding hydrogens is 422 g/mol. The highest BCUT2D eigenvalue weighted by atomic mass is 32.2. The van der Waals surface area contributed by atoms with Gasteiger partial charge in [-0.15, -0.1) is 0 Å². The number of hydrogen-bond acceptors (Lipinski definition) is 6. The molecule has 0 aromatic heterocycles. The fourth-order valence-corrected chi connectivity index (χ4v) is 5.72. The Morgan fingerprint density at radius 3 is 2.61 bits per heavy atom. The van der Waals surface area contributed by atoms with Crippen LogP contribution in [0.3, 0.4) is 0 Å². The summed E-state index contributed by atoms with van der Waals surface area (Å²) in [6, 6.07) is 4.51. The van der Waals surface area contributed by atoms with Gasteiger partial charge in [-0.3, -0.25) is 14.5 Å². The van der Waals surface area contributed by atoms with Crippen molar-refractivity contribution in [2.75, 3.05) is 44.3 Å². The zero-order valence-corrected chi connectivity index (χ0v) is 18.4. The van der Waals surface area contributed by atoms with E-state index in [2.05, 4.69) is 5.32 Å². The van der Waals surface area contributed by atoms with E-state index in [9.17, 15) is 18.0 Å². The van der Waals surface area contributed by atoms with Crippen LogP contribution >= 0.6 is 0 Å². The zero-order chi connectivity index (χ0) is 21.8. The van der Waals surface area contributed by atoms with E-state index in [-0.39, 0.29) is 36.0 Å². The molecule has 0 bridgehead atoms. The second-order valence-electron chi connectivity index (χ2n) is 8.16. The summed E-state index contributed by atoms with van der Waals surface area (Å²) in [4.78, 5) is 26.4. The highest BCUT2D eigenvalue weighted by Crippen LogP contribution is 2.35. The second-order valence-corrected chi connectivity index (χ2v) is 10.1. The largest absolute Gasteiger partial charge is 0.482 e. The van der Waals surface area contributed by atoms with Crippen LogP contribution in [0.1, 0.15) is 38.5 Å². The van der Waals surface area contributed by atoms with E-state index in [1.165, 1.54) is 21.3 Å². The van der Waals surface area contributed by atoms with Gasteiger partial charge in [0, 0.05) is 26.2 Å². The fourth-order valence-electron chi connectivity index (χ4n) is 4.18. The maximum atomic E-state index is 13.2. The number of nitrogens with one attached hydrogen (secondary N) is 1. The molecule has 3 heterocycles. The average molecular weight is 452 g/mol. The van der Waals surface area contributed by atoms with E-state index in [1.54, 1.807) is 6.07 Å². The number of fused-ring (bicyclic) bond motifs is 1. The van der Waals surface area contributed by atoms with Crippen molar-refractivity contribution >= 4 is 27.5 Å². The van der Waals surface area contributed by atoms with Crippen LogP contribution in [0.2, 0.25) is 0 Å². The normalized spacial score (nSPS) is 22.5. The van der Waals surface area contributed by atoms with Gasteiger partial charge in [-0.05, 0) is 43.9 Å². The molecule has 1 aromatic carbocycles. The fraction of sp³-hybridized carbons (Fsp3) is 0.619. The Morgan fingerprint density at radius 2 is 1.90 bits per heavy atom. The van der Waals surface area contributed by atoms with Gasteiger partial charge in [-0.1, -0.05) is 12.8 Å². The third-order valence-electron chi connectivity index (χ3n) is 5.93. The summed E-state index contributed by atoms with van der Waals surface area (Å²) in [5, 5.41) is 2.80. The first-order valence-corrected chi connectivity index (χ1v) is 12.3. The summed E-state index contributed by atoms with van der Waals surface area (Å²) < 4.78 is 38.8. The van der Waals surface area contributed by atoms with Crippen LogP contribution < -0.4 is 15.0 Å². The van der Waals surface area contributed by atoms with Gasteiger partial charge in [0.2, 0.25) is 15.9 Å². The molecule has 170 valence electrons. The van der Waals surface area contributed by atoms with Gasteiger partial charge in [-0.25, -0.2) is 8.42 Å². The minimum atomic E-state index is -3.69. The SMILES string of the molecule is O=C(CN1C(=O)COc2ccc(S(=O)(=O)N3CCCCCC3)cc21)NC[C@@H]1CCCO1. The number of anilines is 1. The Morgan fingerprint density at radius 1 is 1.13 bits per heavy atom. The highest BCUT2D eigenvalue weighted by Gasteiger charge is 2.31. The zero-order valence-electron chi connectivity index (χ0n) is 17.5. The molecule has 2 fully saturated rings. The number of ether oxygens (including phenoxy) is 2. The summed E-state index contributed by atoms with van der Waals surface area (Å²) in [5.74, 6) is -0.317. The molecule has 0 spiro atoms. The lowest BCUT2D eigenvalue weighted by atomic mass is 10.2. The average Bonchev–Trinajstić information content (AvgIpc) is 3.13. The van der Waals surface area contributed by atoms with Gasteiger partial charge in [0.15, 0.2) is 6.61 Å². The summed E-state index contributed by atoms with van der Waals surface area (Å²) in [7, 11) is -3.69. The first-order chi connectivity index (χ1) is 14.9. The van der Waals surface area contributed by atoms with Gasteiger partial charge in [-0.2, -0.15) is 4.31 Å². The Hall–Kier alpha value is -2.17. The number of carbonyl (C=O) groups is 2. The van der Waals surface area contributed by atoms with E-state index >= 15 is 0 Å². The molecule has 1 atom stereocenters. The van der Waals surface area contributed by atoms with Crippen molar-refractivity contribution in [3.05, 3.63) is 18.2 Å². The van der Waals surface area contributed by atoms with Crippen LogP contribution in [-0.2, 0) is 24.3 Å². The monoisotopic (exact) mass is 451 g/mol. The van der Waals surface area contributed by atoms with Crippen molar-refractivity contribution in [2.45, 2.75) is 49.5 Å². The minimum Gasteiger partial charge on any atom is -0.482 e. The molecule has 3 aliphatic heterocycles. The van der Waals surface area contributed by atoms with E-state index in [4.69, 9.17) is 9.47 Å². The van der Waals surface area contributed by atoms with Crippen molar-refractivity contribution in [3.63, 3.8) is 0 Å². The van der Waals surface area contributed by atoms with E-state index in [1.807, 2.05) is 0 Å². The Labute approximate surface area is 182 Å². The number of amides is 2. The van der Waals surface area contributed by atoms with E-state index < -0.39 is 10.0 Å². The van der Waals surface area contributed by atoms with E-state index in [0.717, 1.165) is 38.5 Å². The number of hydrogen-bond donors (Lipinski definition) is 1. The molecule has 0 saturated carbocycles. The summed E-state index contributed by atoms with van der Waals surface area (Å²) in [5.41, 5.74) is 0.305. The Bertz CT molecular complexity index is 921. The molecular formula is C21H29N3O6S. The Kier molecular flexibility index (Phi) is 6.78. The number of sulfonamides is 1. The molecule has 31 heavy (non-hydrogen) atoms. The molecule has 3 aliphatic rings. The van der Waals surface area contributed by atoms with Gasteiger partial charge >= 0.3 is 0 Å². The van der Waals surface area contributed by atoms with Gasteiger partial charge in [0.05, 0.1) is 16.7 Å². The predicted molar refractivity (Wildman–Crippen MR) is 114 cm³/mol. The van der Waals surface area contributed by atoms with Gasteiger partial charge in [0.25, 0.3) is 5.91 Å². The lowest BCUT2D eigenvalue weighted by Crippen LogP contribution is -2.46. The molecule has 2 amide bonds. The van der Waals surface area contributed by atoms with Crippen LogP contribution in [0.4, 0.5) is 5.69 Å². The molecule has 0 aliphatic carbocycles. The van der Waals surface area contributed by atoms with Crippen molar-refractivity contribution in [3.8, 4) is 5.75 Å². The molecule has 0 unspecified atom stereocenters. The van der Waals surface area contributed by atoms with Crippen LogP contribution in [0.15, 0.2) is 23.1 Å². The molecule has 1 aromatic rings. The molecule has 10 heteroatoms. The third-order valence-corrected chi connectivity index (χ3v) is 7.82. The number of carbonyl (C=O) groups excluding carboxylic acids is 2. The minimum absolute atomic E-state index is 0.00185. The molecule has 0 radical (unpaired) electrons. The number of rotatable bonds is 6. The molecule has 2 saturated heterocycles. The van der Waals surface area contributed by atoms with Crippen molar-refractivity contribution in [1.82, 2.24) is 9.62 Å². The topological polar surface area (TPSA) is 105 Å². The Balaban J connectivity index is 1.52. The van der Waals surface area contributed by atoms with Crippen LogP contribution in [0.25, 0.3) is 0 Å². The molecule has 1 N–H and O–H groups in total. The van der Waals surface area contributed by atoms with Crippen LogP contribution in [0, 0.1) is 0 Å². The van der Waals surface area contributed by atoms with Gasteiger partial charge in [0.1, 0.15) is 12.3 Å². The van der Waals surface area contributed by atoms with Crippen LogP contribution in [-0.4, -0.2) is 70.0 Å². The first-order valence-electron chi connectivity index (χ1n) is 10.9.